The Hall–Kier alpha value is -0.730. The summed E-state index contributed by atoms with van der Waals surface area (Å²) in [4.78, 5) is 1.05. The molecule has 2 N–H and O–H groups in total. The summed E-state index contributed by atoms with van der Waals surface area (Å²) in [6.07, 6.45) is 0. The molecule has 0 aliphatic heterocycles. The van der Waals surface area contributed by atoms with Crippen LogP contribution in [-0.4, -0.2) is 15.5 Å². The van der Waals surface area contributed by atoms with Gasteiger partial charge in [0.2, 0.25) is 10.0 Å². The number of hydrogen-bond acceptors (Lipinski definition) is 5. The predicted molar refractivity (Wildman–Crippen MR) is 80.2 cm³/mol. The zero-order valence-electron chi connectivity index (χ0n) is 10.8. The fraction of sp³-hybridized carbons (Fsp3) is 0.333. The largest absolute Gasteiger partial charge is 0.316 e. The van der Waals surface area contributed by atoms with E-state index in [2.05, 4.69) is 10.0 Å². The maximum atomic E-state index is 12.1. The molecule has 2 heterocycles. The van der Waals surface area contributed by atoms with Gasteiger partial charge < -0.3 is 5.32 Å². The first-order chi connectivity index (χ1) is 9.03. The van der Waals surface area contributed by atoms with Crippen molar-refractivity contribution in [1.29, 1.82) is 0 Å². The molecule has 0 bridgehead atoms. The molecule has 2 aromatic heterocycles. The van der Waals surface area contributed by atoms with Gasteiger partial charge in [0.05, 0.1) is 0 Å². The molecule has 104 valence electrons. The SMILES string of the molecule is CNCc1csc(S(=O)(=O)NCc2sccc2C)c1. The van der Waals surface area contributed by atoms with Gasteiger partial charge in [-0.2, -0.15) is 0 Å². The van der Waals surface area contributed by atoms with Crippen molar-refractivity contribution >= 4 is 32.7 Å². The summed E-state index contributed by atoms with van der Waals surface area (Å²) in [5, 5.41) is 6.83. The summed E-state index contributed by atoms with van der Waals surface area (Å²) < 4.78 is 27.3. The maximum Gasteiger partial charge on any atom is 0.250 e. The maximum absolute atomic E-state index is 12.1. The van der Waals surface area contributed by atoms with E-state index in [0.29, 0.717) is 17.3 Å². The minimum absolute atomic E-state index is 0.352. The molecule has 4 nitrogen and oxygen atoms in total. The van der Waals surface area contributed by atoms with Crippen molar-refractivity contribution in [3.63, 3.8) is 0 Å². The van der Waals surface area contributed by atoms with E-state index in [1.807, 2.05) is 30.8 Å². The number of rotatable bonds is 6. The van der Waals surface area contributed by atoms with Gasteiger partial charge in [-0.05, 0) is 48.0 Å². The van der Waals surface area contributed by atoms with Crippen LogP contribution in [0.4, 0.5) is 0 Å². The zero-order chi connectivity index (χ0) is 13.9. The van der Waals surface area contributed by atoms with Crippen LogP contribution in [0.1, 0.15) is 16.0 Å². The van der Waals surface area contributed by atoms with Gasteiger partial charge in [0, 0.05) is 18.0 Å². The van der Waals surface area contributed by atoms with Crippen molar-refractivity contribution in [2.24, 2.45) is 0 Å². The van der Waals surface area contributed by atoms with Crippen molar-refractivity contribution in [2.45, 2.75) is 24.2 Å². The third-order valence-electron chi connectivity index (χ3n) is 2.67. The second kappa shape index (κ2) is 6.15. The first kappa shape index (κ1) is 14.7. The van der Waals surface area contributed by atoms with Crippen molar-refractivity contribution in [1.82, 2.24) is 10.0 Å². The number of thiophene rings is 2. The molecular weight excluding hydrogens is 300 g/mol. The summed E-state index contributed by atoms with van der Waals surface area (Å²) in [6.45, 7) is 3.01. The third-order valence-corrected chi connectivity index (χ3v) is 6.58. The van der Waals surface area contributed by atoms with E-state index in [4.69, 9.17) is 0 Å². The molecule has 0 saturated carbocycles. The van der Waals surface area contributed by atoms with Crippen LogP contribution in [0.3, 0.4) is 0 Å². The van der Waals surface area contributed by atoms with Crippen LogP contribution in [0.15, 0.2) is 27.1 Å². The summed E-state index contributed by atoms with van der Waals surface area (Å²) in [5.41, 5.74) is 2.11. The topological polar surface area (TPSA) is 58.2 Å². The van der Waals surface area contributed by atoms with Crippen molar-refractivity contribution < 1.29 is 8.42 Å². The number of nitrogens with one attached hydrogen (secondary N) is 2. The normalized spacial score (nSPS) is 11.9. The summed E-state index contributed by atoms with van der Waals surface area (Å²) in [7, 11) is -1.57. The molecule has 0 spiro atoms. The molecule has 0 aliphatic rings. The van der Waals surface area contributed by atoms with Gasteiger partial charge in [0.1, 0.15) is 4.21 Å². The molecular formula is C12H16N2O2S3. The Morgan fingerprint density at radius 3 is 2.68 bits per heavy atom. The van der Waals surface area contributed by atoms with Gasteiger partial charge in [-0.15, -0.1) is 22.7 Å². The van der Waals surface area contributed by atoms with Crippen LogP contribution in [-0.2, 0) is 23.1 Å². The third kappa shape index (κ3) is 3.64. The van der Waals surface area contributed by atoms with E-state index in [9.17, 15) is 8.42 Å². The number of hydrogen-bond donors (Lipinski definition) is 2. The van der Waals surface area contributed by atoms with Gasteiger partial charge in [-0.3, -0.25) is 0 Å². The van der Waals surface area contributed by atoms with Crippen molar-refractivity contribution in [3.8, 4) is 0 Å². The molecule has 0 saturated heterocycles. The van der Waals surface area contributed by atoms with Crippen LogP contribution in [0.25, 0.3) is 0 Å². The van der Waals surface area contributed by atoms with E-state index in [1.54, 1.807) is 17.4 Å². The Kier molecular flexibility index (Phi) is 4.75. The first-order valence-corrected chi connectivity index (χ1v) is 9.02. The van der Waals surface area contributed by atoms with Gasteiger partial charge in [-0.25, -0.2) is 13.1 Å². The molecule has 0 atom stereocenters. The van der Waals surface area contributed by atoms with Gasteiger partial charge in [0.25, 0.3) is 0 Å². The van der Waals surface area contributed by atoms with Crippen molar-refractivity contribution in [2.75, 3.05) is 7.05 Å². The Morgan fingerprint density at radius 2 is 2.05 bits per heavy atom. The second-order valence-electron chi connectivity index (χ2n) is 4.16. The highest BCUT2D eigenvalue weighted by molar-refractivity contribution is 7.91. The average Bonchev–Trinajstić information content (AvgIpc) is 2.97. The van der Waals surface area contributed by atoms with Gasteiger partial charge in [0.15, 0.2) is 0 Å². The molecule has 7 heteroatoms. The lowest BCUT2D eigenvalue weighted by molar-refractivity contribution is 0.583. The minimum atomic E-state index is -3.40. The molecule has 0 radical (unpaired) electrons. The lowest BCUT2D eigenvalue weighted by Gasteiger charge is -2.04. The van der Waals surface area contributed by atoms with E-state index in [1.165, 1.54) is 11.3 Å². The van der Waals surface area contributed by atoms with Crippen LogP contribution >= 0.6 is 22.7 Å². The van der Waals surface area contributed by atoms with E-state index >= 15 is 0 Å². The molecule has 0 fully saturated rings. The lowest BCUT2D eigenvalue weighted by Crippen LogP contribution is -2.22. The number of sulfonamides is 1. The fourth-order valence-corrected chi connectivity index (χ4v) is 4.79. The Balaban J connectivity index is 2.07. The monoisotopic (exact) mass is 316 g/mol. The highest BCUT2D eigenvalue weighted by atomic mass is 32.2. The lowest BCUT2D eigenvalue weighted by atomic mass is 10.3. The zero-order valence-corrected chi connectivity index (χ0v) is 13.2. The average molecular weight is 316 g/mol. The smallest absolute Gasteiger partial charge is 0.250 e. The molecule has 19 heavy (non-hydrogen) atoms. The van der Waals surface area contributed by atoms with E-state index in [0.717, 1.165) is 16.0 Å². The Bertz CT molecular complexity index is 643. The molecule has 0 amide bonds. The quantitative estimate of drug-likeness (QED) is 0.860. The fourth-order valence-electron chi connectivity index (χ4n) is 1.61. The first-order valence-electron chi connectivity index (χ1n) is 5.77. The summed E-state index contributed by atoms with van der Waals surface area (Å²) in [6, 6.07) is 3.70. The molecule has 2 aromatic rings. The highest BCUT2D eigenvalue weighted by Crippen LogP contribution is 2.21. The Morgan fingerprint density at radius 1 is 1.26 bits per heavy atom. The van der Waals surface area contributed by atoms with E-state index in [-0.39, 0.29) is 0 Å². The molecule has 0 aromatic carbocycles. The second-order valence-corrected chi connectivity index (χ2v) is 8.06. The van der Waals surface area contributed by atoms with E-state index < -0.39 is 10.0 Å². The number of aryl methyl sites for hydroxylation is 1. The van der Waals surface area contributed by atoms with Crippen LogP contribution in [0.5, 0.6) is 0 Å². The summed E-state index contributed by atoms with van der Waals surface area (Å²) >= 11 is 2.82. The summed E-state index contributed by atoms with van der Waals surface area (Å²) in [5.74, 6) is 0. The predicted octanol–water partition coefficient (Wildman–Crippen LogP) is 2.32. The standard InChI is InChI=1S/C12H16N2O2S3/c1-9-3-4-17-11(9)7-14-19(15,16)12-5-10(6-13-2)8-18-12/h3-5,8,13-14H,6-7H2,1-2H3. The van der Waals surface area contributed by atoms with Crippen molar-refractivity contribution in [3.05, 3.63) is 38.9 Å². The van der Waals surface area contributed by atoms with Gasteiger partial charge >= 0.3 is 0 Å². The van der Waals surface area contributed by atoms with Crippen LogP contribution < -0.4 is 10.0 Å². The minimum Gasteiger partial charge on any atom is -0.316 e. The van der Waals surface area contributed by atoms with Gasteiger partial charge in [-0.1, -0.05) is 0 Å². The Labute approximate surface area is 121 Å². The highest BCUT2D eigenvalue weighted by Gasteiger charge is 2.17. The molecule has 0 aliphatic carbocycles. The van der Waals surface area contributed by atoms with Crippen LogP contribution in [0, 0.1) is 6.92 Å². The van der Waals surface area contributed by atoms with Crippen LogP contribution in [0.2, 0.25) is 0 Å². The molecule has 2 rings (SSSR count). The molecule has 0 unspecified atom stereocenters.